The van der Waals surface area contributed by atoms with Gasteiger partial charge < -0.3 is 5.32 Å². The summed E-state index contributed by atoms with van der Waals surface area (Å²) < 4.78 is 0. The minimum atomic E-state index is -0.0334. The normalized spacial score (nSPS) is 10.5. The molecule has 2 aromatic rings. The van der Waals surface area contributed by atoms with Crippen LogP contribution in [0.5, 0.6) is 0 Å². The molecule has 2 aromatic carbocycles. The fourth-order valence-corrected chi connectivity index (χ4v) is 2.24. The number of nitrogens with zero attached hydrogens (tertiary/aromatic N) is 1. The van der Waals surface area contributed by atoms with Crippen LogP contribution in [0.1, 0.15) is 0 Å². The molecule has 0 aromatic heterocycles. The van der Waals surface area contributed by atoms with E-state index >= 15 is 0 Å². The molecule has 0 bridgehead atoms. The van der Waals surface area contributed by atoms with Gasteiger partial charge in [-0.05, 0) is 22.9 Å². The number of rotatable bonds is 7. The second kappa shape index (κ2) is 7.41. The average molecular weight is 280 g/mol. The molecule has 0 unspecified atom stereocenters. The Morgan fingerprint density at radius 3 is 2.38 bits per heavy atom. The van der Waals surface area contributed by atoms with Crippen molar-refractivity contribution >= 4 is 22.4 Å². The smallest absolute Gasteiger partial charge is 0.238 e. The first-order chi connectivity index (χ1) is 10.2. The number of fused-ring (bicyclic) bond motifs is 1. The summed E-state index contributed by atoms with van der Waals surface area (Å²) in [6, 6.07) is 14.0. The first-order valence-electron chi connectivity index (χ1n) is 6.95. The third-order valence-electron chi connectivity index (χ3n) is 3.18. The second-order valence-electron chi connectivity index (χ2n) is 4.88. The zero-order chi connectivity index (χ0) is 15.1. The number of carbonyl (C=O) groups is 1. The van der Waals surface area contributed by atoms with Crippen LogP contribution in [0.4, 0.5) is 5.69 Å². The highest BCUT2D eigenvalue weighted by Gasteiger charge is 2.08. The van der Waals surface area contributed by atoms with Crippen molar-refractivity contribution in [3.05, 3.63) is 67.8 Å². The van der Waals surface area contributed by atoms with E-state index in [1.54, 1.807) is 12.2 Å². The summed E-state index contributed by atoms with van der Waals surface area (Å²) in [5, 5.41) is 5.21. The van der Waals surface area contributed by atoms with Gasteiger partial charge in [0.1, 0.15) is 0 Å². The SMILES string of the molecule is C=CCN(CC=C)CC(=O)Nc1ccc2ccccc2c1. The molecule has 2 rings (SSSR count). The van der Waals surface area contributed by atoms with Crippen molar-refractivity contribution in [3.63, 3.8) is 0 Å². The van der Waals surface area contributed by atoms with E-state index in [9.17, 15) is 4.79 Å². The Labute approximate surface area is 125 Å². The minimum absolute atomic E-state index is 0.0334. The monoisotopic (exact) mass is 280 g/mol. The van der Waals surface area contributed by atoms with E-state index < -0.39 is 0 Å². The van der Waals surface area contributed by atoms with Gasteiger partial charge in [-0.3, -0.25) is 9.69 Å². The molecule has 0 saturated heterocycles. The summed E-state index contributed by atoms with van der Waals surface area (Å²) in [4.78, 5) is 14.1. The second-order valence-corrected chi connectivity index (χ2v) is 4.88. The summed E-state index contributed by atoms with van der Waals surface area (Å²) in [5.41, 5.74) is 0.816. The maximum absolute atomic E-state index is 12.1. The number of nitrogens with one attached hydrogen (secondary N) is 1. The molecular formula is C18H20N2O. The van der Waals surface area contributed by atoms with Gasteiger partial charge in [-0.1, -0.05) is 42.5 Å². The summed E-state index contributed by atoms with van der Waals surface area (Å²) in [5.74, 6) is -0.0334. The highest BCUT2D eigenvalue weighted by molar-refractivity contribution is 5.95. The van der Waals surface area contributed by atoms with Crippen LogP contribution < -0.4 is 5.32 Å². The van der Waals surface area contributed by atoms with Crippen molar-refractivity contribution in [3.8, 4) is 0 Å². The predicted molar refractivity (Wildman–Crippen MR) is 89.4 cm³/mol. The highest BCUT2D eigenvalue weighted by atomic mass is 16.2. The Kier molecular flexibility index (Phi) is 5.29. The maximum atomic E-state index is 12.1. The lowest BCUT2D eigenvalue weighted by atomic mass is 10.1. The van der Waals surface area contributed by atoms with Gasteiger partial charge >= 0.3 is 0 Å². The lowest BCUT2D eigenvalue weighted by molar-refractivity contribution is -0.117. The van der Waals surface area contributed by atoms with E-state index in [0.29, 0.717) is 19.6 Å². The number of hydrogen-bond donors (Lipinski definition) is 1. The molecule has 0 fully saturated rings. The van der Waals surface area contributed by atoms with Gasteiger partial charge in [0.25, 0.3) is 0 Å². The number of amides is 1. The lowest BCUT2D eigenvalue weighted by Crippen LogP contribution is -2.33. The predicted octanol–water partition coefficient (Wildman–Crippen LogP) is 3.45. The van der Waals surface area contributed by atoms with Gasteiger partial charge in [0.15, 0.2) is 0 Å². The van der Waals surface area contributed by atoms with E-state index in [1.807, 2.05) is 41.3 Å². The number of benzene rings is 2. The molecular weight excluding hydrogens is 260 g/mol. The van der Waals surface area contributed by atoms with Gasteiger partial charge in [0.2, 0.25) is 5.91 Å². The van der Waals surface area contributed by atoms with Crippen LogP contribution in [0.25, 0.3) is 10.8 Å². The molecule has 3 nitrogen and oxygen atoms in total. The number of carbonyl (C=O) groups excluding carboxylic acids is 1. The minimum Gasteiger partial charge on any atom is -0.325 e. The van der Waals surface area contributed by atoms with E-state index in [4.69, 9.17) is 0 Å². The fraction of sp³-hybridized carbons (Fsp3) is 0.167. The first kappa shape index (κ1) is 15.0. The average Bonchev–Trinajstić information content (AvgIpc) is 2.47. The van der Waals surface area contributed by atoms with Crippen molar-refractivity contribution in [2.75, 3.05) is 25.0 Å². The van der Waals surface area contributed by atoms with Crippen LogP contribution in [0.15, 0.2) is 67.8 Å². The molecule has 3 heteroatoms. The molecule has 0 spiro atoms. The maximum Gasteiger partial charge on any atom is 0.238 e. The van der Waals surface area contributed by atoms with Crippen LogP contribution in [-0.4, -0.2) is 30.4 Å². The van der Waals surface area contributed by atoms with Gasteiger partial charge in [-0.15, -0.1) is 13.2 Å². The zero-order valence-corrected chi connectivity index (χ0v) is 12.1. The van der Waals surface area contributed by atoms with Crippen LogP contribution in [0, 0.1) is 0 Å². The van der Waals surface area contributed by atoms with Gasteiger partial charge in [0, 0.05) is 18.8 Å². The fourth-order valence-electron chi connectivity index (χ4n) is 2.24. The number of anilines is 1. The topological polar surface area (TPSA) is 32.3 Å². The Balaban J connectivity index is 2.03. The molecule has 0 heterocycles. The van der Waals surface area contributed by atoms with Crippen molar-refractivity contribution < 1.29 is 4.79 Å². The summed E-state index contributed by atoms with van der Waals surface area (Å²) in [7, 11) is 0. The molecule has 0 aliphatic rings. The molecule has 0 radical (unpaired) electrons. The van der Waals surface area contributed by atoms with Crippen molar-refractivity contribution in [1.29, 1.82) is 0 Å². The van der Waals surface area contributed by atoms with E-state index in [-0.39, 0.29) is 5.91 Å². The Morgan fingerprint density at radius 2 is 1.71 bits per heavy atom. The molecule has 1 amide bonds. The third kappa shape index (κ3) is 4.29. The van der Waals surface area contributed by atoms with Gasteiger partial charge in [-0.25, -0.2) is 0 Å². The lowest BCUT2D eigenvalue weighted by Gasteiger charge is -2.18. The molecule has 108 valence electrons. The molecule has 21 heavy (non-hydrogen) atoms. The summed E-state index contributed by atoms with van der Waals surface area (Å²) in [6.07, 6.45) is 3.57. The van der Waals surface area contributed by atoms with Crippen LogP contribution in [-0.2, 0) is 4.79 Å². The van der Waals surface area contributed by atoms with Crippen LogP contribution in [0.3, 0.4) is 0 Å². The molecule has 0 aliphatic carbocycles. The Morgan fingerprint density at radius 1 is 1.05 bits per heavy atom. The van der Waals surface area contributed by atoms with Crippen molar-refractivity contribution in [2.24, 2.45) is 0 Å². The van der Waals surface area contributed by atoms with Gasteiger partial charge in [0.05, 0.1) is 6.54 Å². The highest BCUT2D eigenvalue weighted by Crippen LogP contribution is 2.18. The van der Waals surface area contributed by atoms with Crippen molar-refractivity contribution in [2.45, 2.75) is 0 Å². The summed E-state index contributed by atoms with van der Waals surface area (Å²) in [6.45, 7) is 9.05. The Bertz CT molecular complexity index is 638. The summed E-state index contributed by atoms with van der Waals surface area (Å²) >= 11 is 0. The first-order valence-corrected chi connectivity index (χ1v) is 6.95. The molecule has 1 N–H and O–H groups in total. The third-order valence-corrected chi connectivity index (χ3v) is 3.18. The Hall–Kier alpha value is -2.39. The molecule has 0 saturated carbocycles. The number of hydrogen-bond acceptors (Lipinski definition) is 2. The van der Waals surface area contributed by atoms with Crippen LogP contribution >= 0.6 is 0 Å². The molecule has 0 aliphatic heterocycles. The van der Waals surface area contributed by atoms with Gasteiger partial charge in [-0.2, -0.15) is 0 Å². The zero-order valence-electron chi connectivity index (χ0n) is 12.1. The standard InChI is InChI=1S/C18H20N2O/c1-3-11-20(12-4-2)14-18(21)19-17-10-9-15-7-5-6-8-16(15)13-17/h3-10,13H,1-2,11-12,14H2,(H,19,21). The quantitative estimate of drug-likeness (QED) is 0.788. The van der Waals surface area contributed by atoms with E-state index in [1.165, 1.54) is 0 Å². The van der Waals surface area contributed by atoms with Crippen molar-refractivity contribution in [1.82, 2.24) is 4.90 Å². The van der Waals surface area contributed by atoms with E-state index in [0.717, 1.165) is 16.5 Å². The van der Waals surface area contributed by atoms with Crippen LogP contribution in [0.2, 0.25) is 0 Å². The largest absolute Gasteiger partial charge is 0.325 e. The molecule has 0 atom stereocenters. The van der Waals surface area contributed by atoms with E-state index in [2.05, 4.69) is 24.5 Å².